The number of hydrogen-bond acceptors (Lipinski definition) is 3. The van der Waals surface area contributed by atoms with Crippen LogP contribution < -0.4 is 5.32 Å². The molecule has 0 aliphatic rings. The van der Waals surface area contributed by atoms with E-state index in [0.717, 1.165) is 5.56 Å². The lowest BCUT2D eigenvalue weighted by atomic mass is 10.1. The highest BCUT2D eigenvalue weighted by molar-refractivity contribution is 6.03. The minimum absolute atomic E-state index is 0.113. The molecule has 0 aliphatic heterocycles. The van der Waals surface area contributed by atoms with Crippen molar-refractivity contribution in [3.63, 3.8) is 0 Å². The first kappa shape index (κ1) is 15.5. The van der Waals surface area contributed by atoms with E-state index in [0.29, 0.717) is 5.56 Å². The smallest absolute Gasteiger partial charge is 0.354 e. The van der Waals surface area contributed by atoms with Gasteiger partial charge in [-0.15, -0.1) is 0 Å². The maximum Gasteiger partial charge on any atom is 0.354 e. The third kappa shape index (κ3) is 4.31. The predicted molar refractivity (Wildman–Crippen MR) is 85.0 cm³/mol. The van der Waals surface area contributed by atoms with E-state index < -0.39 is 5.97 Å². The Bertz CT molecular complexity index is 663. The molecule has 0 unspecified atom stereocenters. The number of amides is 1. The predicted octanol–water partition coefficient (Wildman–Crippen LogP) is 3.02. The van der Waals surface area contributed by atoms with Crippen LogP contribution in [0.4, 0.5) is 0 Å². The Morgan fingerprint density at radius 2 is 1.59 bits per heavy atom. The fourth-order valence-electron chi connectivity index (χ4n) is 1.85. The lowest BCUT2D eigenvalue weighted by molar-refractivity contribution is -0.138. The second-order valence-corrected chi connectivity index (χ2v) is 4.51. The number of rotatable bonds is 5. The summed E-state index contributed by atoms with van der Waals surface area (Å²) < 4.78 is 4.99. The highest BCUT2D eigenvalue weighted by Crippen LogP contribution is 2.08. The molecule has 0 fully saturated rings. The van der Waals surface area contributed by atoms with Crippen LogP contribution in [-0.2, 0) is 9.53 Å². The van der Waals surface area contributed by atoms with Crippen LogP contribution in [0.25, 0.3) is 6.08 Å². The van der Waals surface area contributed by atoms with Crippen molar-refractivity contribution in [3.05, 3.63) is 77.5 Å². The van der Waals surface area contributed by atoms with Gasteiger partial charge in [-0.3, -0.25) is 4.79 Å². The van der Waals surface area contributed by atoms with Gasteiger partial charge in [0.25, 0.3) is 5.91 Å². The van der Waals surface area contributed by atoms with Crippen LogP contribution in [0.2, 0.25) is 0 Å². The van der Waals surface area contributed by atoms with Crippen LogP contribution in [0.15, 0.2) is 66.4 Å². The van der Waals surface area contributed by atoms with Crippen molar-refractivity contribution in [3.8, 4) is 0 Å². The van der Waals surface area contributed by atoms with Crippen LogP contribution in [0.1, 0.15) is 22.8 Å². The molecule has 112 valence electrons. The van der Waals surface area contributed by atoms with Gasteiger partial charge in [0, 0.05) is 5.56 Å². The van der Waals surface area contributed by atoms with Gasteiger partial charge in [-0.25, -0.2) is 4.79 Å². The highest BCUT2D eigenvalue weighted by Gasteiger charge is 2.15. The molecule has 2 aromatic carbocycles. The Hall–Kier alpha value is -2.88. The fraction of sp³-hybridized carbons (Fsp3) is 0.111. The summed E-state index contributed by atoms with van der Waals surface area (Å²) in [4.78, 5) is 24.2. The number of carbonyl (C=O) groups excluding carboxylic acids is 2. The molecule has 2 aromatic rings. The minimum atomic E-state index is -0.560. The Morgan fingerprint density at radius 3 is 2.18 bits per heavy atom. The zero-order valence-corrected chi connectivity index (χ0v) is 12.3. The van der Waals surface area contributed by atoms with E-state index in [1.165, 1.54) is 0 Å². The quantitative estimate of drug-likeness (QED) is 0.681. The van der Waals surface area contributed by atoms with E-state index in [2.05, 4.69) is 5.32 Å². The summed E-state index contributed by atoms with van der Waals surface area (Å²) in [5.41, 5.74) is 1.39. The average Bonchev–Trinajstić information content (AvgIpc) is 2.56. The largest absolute Gasteiger partial charge is 0.461 e. The topological polar surface area (TPSA) is 55.4 Å². The first-order valence-corrected chi connectivity index (χ1v) is 7.01. The van der Waals surface area contributed by atoms with Crippen molar-refractivity contribution in [2.24, 2.45) is 0 Å². The van der Waals surface area contributed by atoms with E-state index >= 15 is 0 Å². The third-order valence-corrected chi connectivity index (χ3v) is 2.89. The Kier molecular flexibility index (Phi) is 5.49. The Morgan fingerprint density at radius 1 is 1.00 bits per heavy atom. The molecule has 1 amide bonds. The maximum absolute atomic E-state index is 12.2. The van der Waals surface area contributed by atoms with E-state index in [1.807, 2.05) is 36.4 Å². The molecule has 2 rings (SSSR count). The minimum Gasteiger partial charge on any atom is -0.461 e. The number of esters is 1. The van der Waals surface area contributed by atoms with Crippen molar-refractivity contribution in [1.82, 2.24) is 5.32 Å². The van der Waals surface area contributed by atoms with Crippen LogP contribution in [-0.4, -0.2) is 18.5 Å². The standard InChI is InChI=1S/C18H17NO3/c1-2-22-18(21)16(13-14-9-5-3-6-10-14)19-17(20)15-11-7-4-8-12-15/h3-13H,2H2,1H3,(H,19,20). The lowest BCUT2D eigenvalue weighted by Gasteiger charge is -2.09. The van der Waals surface area contributed by atoms with Crippen LogP contribution in [0, 0.1) is 0 Å². The molecule has 4 nitrogen and oxygen atoms in total. The molecule has 0 aliphatic carbocycles. The summed E-state index contributed by atoms with van der Waals surface area (Å²) in [6, 6.07) is 18.0. The van der Waals surface area contributed by atoms with Gasteiger partial charge in [-0.05, 0) is 30.7 Å². The molecule has 0 bridgehead atoms. The molecular formula is C18H17NO3. The van der Waals surface area contributed by atoms with Crippen molar-refractivity contribution in [2.45, 2.75) is 6.92 Å². The number of benzene rings is 2. The van der Waals surface area contributed by atoms with Gasteiger partial charge in [0.05, 0.1) is 6.61 Å². The number of nitrogens with one attached hydrogen (secondary N) is 1. The van der Waals surface area contributed by atoms with Gasteiger partial charge < -0.3 is 10.1 Å². The summed E-state index contributed by atoms with van der Waals surface area (Å²) in [6.45, 7) is 1.96. The molecule has 4 heteroatoms. The molecular weight excluding hydrogens is 278 g/mol. The second-order valence-electron chi connectivity index (χ2n) is 4.51. The van der Waals surface area contributed by atoms with Crippen LogP contribution >= 0.6 is 0 Å². The third-order valence-electron chi connectivity index (χ3n) is 2.89. The van der Waals surface area contributed by atoms with Crippen molar-refractivity contribution >= 4 is 18.0 Å². The zero-order valence-electron chi connectivity index (χ0n) is 12.3. The number of ether oxygens (including phenoxy) is 1. The number of hydrogen-bond donors (Lipinski definition) is 1. The molecule has 0 spiro atoms. The second kappa shape index (κ2) is 7.78. The molecule has 1 N–H and O–H groups in total. The van der Waals surface area contributed by atoms with Crippen LogP contribution in [0.3, 0.4) is 0 Å². The van der Waals surface area contributed by atoms with E-state index in [-0.39, 0.29) is 18.2 Å². The van der Waals surface area contributed by atoms with Gasteiger partial charge in [-0.1, -0.05) is 48.5 Å². The molecule has 0 heterocycles. The Labute approximate surface area is 129 Å². The summed E-state index contributed by atoms with van der Waals surface area (Å²) in [7, 11) is 0. The molecule has 0 atom stereocenters. The fourth-order valence-corrected chi connectivity index (χ4v) is 1.85. The monoisotopic (exact) mass is 295 g/mol. The van der Waals surface area contributed by atoms with Gasteiger partial charge in [0.15, 0.2) is 0 Å². The van der Waals surface area contributed by atoms with Gasteiger partial charge in [-0.2, -0.15) is 0 Å². The van der Waals surface area contributed by atoms with E-state index in [1.54, 1.807) is 37.3 Å². The van der Waals surface area contributed by atoms with Crippen molar-refractivity contribution < 1.29 is 14.3 Å². The SMILES string of the molecule is CCOC(=O)C(=Cc1ccccc1)NC(=O)c1ccccc1. The molecule has 0 saturated carbocycles. The van der Waals surface area contributed by atoms with Gasteiger partial charge >= 0.3 is 5.97 Å². The van der Waals surface area contributed by atoms with E-state index in [9.17, 15) is 9.59 Å². The highest BCUT2D eigenvalue weighted by atomic mass is 16.5. The summed E-state index contributed by atoms with van der Waals surface area (Å²) in [6.07, 6.45) is 1.60. The van der Waals surface area contributed by atoms with Gasteiger partial charge in [0.1, 0.15) is 5.70 Å². The first-order valence-electron chi connectivity index (χ1n) is 7.01. The van der Waals surface area contributed by atoms with Crippen molar-refractivity contribution in [2.75, 3.05) is 6.61 Å². The molecule has 0 radical (unpaired) electrons. The Balaban J connectivity index is 2.24. The van der Waals surface area contributed by atoms with Gasteiger partial charge in [0.2, 0.25) is 0 Å². The van der Waals surface area contributed by atoms with Crippen LogP contribution in [0.5, 0.6) is 0 Å². The average molecular weight is 295 g/mol. The summed E-state index contributed by atoms with van der Waals surface area (Å²) in [5.74, 6) is -0.911. The lowest BCUT2D eigenvalue weighted by Crippen LogP contribution is -2.28. The van der Waals surface area contributed by atoms with E-state index in [4.69, 9.17) is 4.74 Å². The molecule has 0 aromatic heterocycles. The number of carbonyl (C=O) groups is 2. The first-order chi connectivity index (χ1) is 10.7. The normalized spacial score (nSPS) is 10.9. The summed E-state index contributed by atoms with van der Waals surface area (Å²) in [5, 5.41) is 2.61. The van der Waals surface area contributed by atoms with Crippen molar-refractivity contribution in [1.29, 1.82) is 0 Å². The molecule has 22 heavy (non-hydrogen) atoms. The molecule has 0 saturated heterocycles. The zero-order chi connectivity index (χ0) is 15.8. The maximum atomic E-state index is 12.2. The summed E-state index contributed by atoms with van der Waals surface area (Å²) >= 11 is 0.